The van der Waals surface area contributed by atoms with Crippen LogP contribution in [0.25, 0.3) is 33.2 Å². The van der Waals surface area contributed by atoms with E-state index in [1.807, 2.05) is 12.4 Å². The average Bonchev–Trinajstić information content (AvgIpc) is 3.40. The van der Waals surface area contributed by atoms with E-state index in [0.717, 1.165) is 17.1 Å². The van der Waals surface area contributed by atoms with Crippen molar-refractivity contribution >= 4 is 21.9 Å². The Kier molecular flexibility index (Phi) is 5.87. The minimum Gasteiger partial charge on any atom is -0.354 e. The molecule has 0 radical (unpaired) electrons. The van der Waals surface area contributed by atoms with Crippen LogP contribution in [0, 0.1) is 0 Å². The second-order valence-electron chi connectivity index (χ2n) is 10.5. The van der Waals surface area contributed by atoms with E-state index in [1.54, 1.807) is 0 Å². The van der Waals surface area contributed by atoms with Gasteiger partial charge < -0.3 is 15.2 Å². The van der Waals surface area contributed by atoms with E-state index in [9.17, 15) is 0 Å². The lowest BCUT2D eigenvalue weighted by Crippen LogP contribution is -2.41. The van der Waals surface area contributed by atoms with Gasteiger partial charge in [0.15, 0.2) is 5.65 Å². The normalized spacial score (nSPS) is 21.0. The van der Waals surface area contributed by atoms with Crippen LogP contribution in [-0.2, 0) is 0 Å². The van der Waals surface area contributed by atoms with Crippen LogP contribution in [0.15, 0.2) is 36.7 Å². The Morgan fingerprint density at radius 1 is 1.00 bits per heavy atom. The number of aromatic amines is 2. The van der Waals surface area contributed by atoms with Crippen molar-refractivity contribution in [2.45, 2.75) is 63.8 Å². The van der Waals surface area contributed by atoms with E-state index < -0.39 is 0 Å². The van der Waals surface area contributed by atoms with Crippen molar-refractivity contribution in [3.05, 3.63) is 47.8 Å². The molecular weight excluding hydrogens is 420 g/mol. The molecule has 34 heavy (non-hydrogen) atoms. The molecule has 3 N–H and O–H groups in total. The Morgan fingerprint density at radius 2 is 1.88 bits per heavy atom. The largest absolute Gasteiger partial charge is 0.354 e. The summed E-state index contributed by atoms with van der Waals surface area (Å²) in [6.07, 6.45) is 10.3. The Balaban J connectivity index is 1.30. The molecule has 6 heteroatoms. The molecule has 0 aliphatic carbocycles. The average molecular weight is 457 g/mol. The highest BCUT2D eigenvalue weighted by Gasteiger charge is 2.27. The summed E-state index contributed by atoms with van der Waals surface area (Å²) in [5.74, 6) is 1.07. The molecule has 1 aromatic carbocycles. The summed E-state index contributed by atoms with van der Waals surface area (Å²) in [6, 6.07) is 10.0. The van der Waals surface area contributed by atoms with Gasteiger partial charge in [-0.15, -0.1) is 0 Å². The minimum absolute atomic E-state index is 0.416. The summed E-state index contributed by atoms with van der Waals surface area (Å²) in [7, 11) is 0. The molecule has 2 saturated heterocycles. The zero-order chi connectivity index (χ0) is 23.1. The third kappa shape index (κ3) is 3.93. The van der Waals surface area contributed by atoms with Crippen LogP contribution in [0.5, 0.6) is 0 Å². The first-order valence-electron chi connectivity index (χ1n) is 13.1. The maximum atomic E-state index is 4.44. The number of aromatic nitrogens is 4. The lowest BCUT2D eigenvalue weighted by molar-refractivity contribution is 0.141. The Bertz CT molecular complexity index is 1270. The maximum absolute atomic E-state index is 4.44. The number of fused-ring (bicyclic) bond motifs is 2. The van der Waals surface area contributed by atoms with Crippen LogP contribution in [0.4, 0.5) is 0 Å². The van der Waals surface area contributed by atoms with Crippen molar-refractivity contribution in [3.63, 3.8) is 0 Å². The van der Waals surface area contributed by atoms with Gasteiger partial charge in [0.2, 0.25) is 0 Å². The Hall–Kier alpha value is -2.70. The predicted molar refractivity (Wildman–Crippen MR) is 139 cm³/mol. The predicted octanol–water partition coefficient (Wildman–Crippen LogP) is 5.55. The van der Waals surface area contributed by atoms with E-state index in [0.29, 0.717) is 11.8 Å². The van der Waals surface area contributed by atoms with Crippen LogP contribution in [0.1, 0.15) is 68.9 Å². The number of piperidine rings is 1. The molecule has 1 atom stereocenters. The standard InChI is InChI=1S/C28H36N6/c1-18(2)26-23-16-20(19-9-14-34(15-10-19)21-4-3-11-29-12-7-21)5-6-25(23)32-27(26)22-8-13-30-28-24(22)17-31-33-28/h5-6,8,13,16-19,21,29,32H,3-4,7,9-12,14-15H2,1-2H3,(H,30,31,33). The monoisotopic (exact) mass is 456 g/mol. The van der Waals surface area contributed by atoms with Crippen molar-refractivity contribution in [2.24, 2.45) is 0 Å². The summed E-state index contributed by atoms with van der Waals surface area (Å²) in [5.41, 5.74) is 7.33. The van der Waals surface area contributed by atoms with E-state index in [2.05, 4.69) is 68.5 Å². The number of benzene rings is 1. The SMILES string of the molecule is CC(C)c1c(-c2ccnc3[nH]ncc23)[nH]c2ccc(C3CCN(C4CCCNCC4)CC3)cc12. The molecule has 5 heterocycles. The first-order valence-corrected chi connectivity index (χ1v) is 13.1. The zero-order valence-electron chi connectivity index (χ0n) is 20.4. The molecule has 1 unspecified atom stereocenters. The van der Waals surface area contributed by atoms with Crippen molar-refractivity contribution in [1.82, 2.24) is 30.4 Å². The summed E-state index contributed by atoms with van der Waals surface area (Å²) in [5, 5.41) is 13.2. The summed E-state index contributed by atoms with van der Waals surface area (Å²) < 4.78 is 0. The molecule has 6 rings (SSSR count). The second kappa shape index (κ2) is 9.16. The fourth-order valence-electron chi connectivity index (χ4n) is 6.33. The first-order chi connectivity index (χ1) is 16.7. The van der Waals surface area contributed by atoms with Crippen molar-refractivity contribution in [2.75, 3.05) is 26.2 Å². The number of pyridine rings is 1. The van der Waals surface area contributed by atoms with Gasteiger partial charge in [-0.2, -0.15) is 5.10 Å². The summed E-state index contributed by atoms with van der Waals surface area (Å²) in [6.45, 7) is 9.43. The van der Waals surface area contributed by atoms with Gasteiger partial charge in [-0.1, -0.05) is 19.9 Å². The molecule has 2 aliphatic heterocycles. The van der Waals surface area contributed by atoms with Gasteiger partial charge in [-0.05, 0) is 99.4 Å². The summed E-state index contributed by atoms with van der Waals surface area (Å²) in [4.78, 5) is 11.0. The number of nitrogens with one attached hydrogen (secondary N) is 3. The number of hydrogen-bond donors (Lipinski definition) is 3. The van der Waals surface area contributed by atoms with Gasteiger partial charge in [0.1, 0.15) is 0 Å². The fourth-order valence-corrected chi connectivity index (χ4v) is 6.33. The van der Waals surface area contributed by atoms with Crippen molar-refractivity contribution < 1.29 is 0 Å². The lowest BCUT2D eigenvalue weighted by atomic mass is 9.86. The highest BCUT2D eigenvalue weighted by Crippen LogP contribution is 2.40. The molecule has 4 aromatic rings. The van der Waals surface area contributed by atoms with Gasteiger partial charge in [0.05, 0.1) is 11.9 Å². The number of hydrogen-bond acceptors (Lipinski definition) is 4. The van der Waals surface area contributed by atoms with Crippen LogP contribution in [0.3, 0.4) is 0 Å². The number of likely N-dealkylation sites (tertiary alicyclic amines) is 1. The quantitative estimate of drug-likeness (QED) is 0.376. The van der Waals surface area contributed by atoms with E-state index in [4.69, 9.17) is 0 Å². The highest BCUT2D eigenvalue weighted by atomic mass is 15.2. The summed E-state index contributed by atoms with van der Waals surface area (Å²) >= 11 is 0. The van der Waals surface area contributed by atoms with Crippen LogP contribution in [-0.4, -0.2) is 57.3 Å². The zero-order valence-corrected chi connectivity index (χ0v) is 20.4. The smallest absolute Gasteiger partial charge is 0.155 e. The maximum Gasteiger partial charge on any atom is 0.155 e. The minimum atomic E-state index is 0.416. The number of rotatable bonds is 4. The van der Waals surface area contributed by atoms with E-state index in [-0.39, 0.29) is 0 Å². The Morgan fingerprint density at radius 3 is 2.74 bits per heavy atom. The second-order valence-corrected chi connectivity index (χ2v) is 10.5. The molecule has 6 nitrogen and oxygen atoms in total. The third-order valence-corrected chi connectivity index (χ3v) is 8.13. The third-order valence-electron chi connectivity index (χ3n) is 8.13. The highest BCUT2D eigenvalue weighted by molar-refractivity contribution is 5.98. The topological polar surface area (TPSA) is 72.6 Å². The van der Waals surface area contributed by atoms with Gasteiger partial charge in [-0.3, -0.25) is 5.10 Å². The molecule has 0 spiro atoms. The number of nitrogens with zero attached hydrogens (tertiary/aromatic N) is 3. The Labute approximate surface area is 201 Å². The van der Waals surface area contributed by atoms with Gasteiger partial charge in [0.25, 0.3) is 0 Å². The van der Waals surface area contributed by atoms with Crippen LogP contribution < -0.4 is 5.32 Å². The van der Waals surface area contributed by atoms with Gasteiger partial charge >= 0.3 is 0 Å². The van der Waals surface area contributed by atoms with E-state index >= 15 is 0 Å². The first kappa shape index (κ1) is 21.8. The molecule has 3 aromatic heterocycles. The molecule has 178 valence electrons. The number of H-pyrrole nitrogens is 2. The van der Waals surface area contributed by atoms with Crippen LogP contribution >= 0.6 is 0 Å². The van der Waals surface area contributed by atoms with Gasteiger partial charge in [0, 0.05) is 34.1 Å². The molecule has 0 bridgehead atoms. The molecule has 2 fully saturated rings. The van der Waals surface area contributed by atoms with Crippen LogP contribution in [0.2, 0.25) is 0 Å². The lowest BCUT2D eigenvalue weighted by Gasteiger charge is -2.37. The van der Waals surface area contributed by atoms with Crippen molar-refractivity contribution in [3.8, 4) is 11.3 Å². The van der Waals surface area contributed by atoms with Gasteiger partial charge in [-0.25, -0.2) is 4.98 Å². The van der Waals surface area contributed by atoms with Crippen molar-refractivity contribution in [1.29, 1.82) is 0 Å². The van der Waals surface area contributed by atoms with E-state index in [1.165, 1.54) is 91.6 Å². The molecule has 2 aliphatic rings. The molecule has 0 saturated carbocycles. The molecular formula is C28H36N6. The fraction of sp³-hybridized carbons (Fsp3) is 0.500. The molecule has 0 amide bonds.